The standard InChI is InChI=1S/C34H43ClN2O6/c1-22-7-6-9-30(38)28-14-11-24(28)20-37-16-5-4-8-23-17-27(35)13-10-25(23)21-43-31-15-12-26(18-29(31)37)34(41,33(40)42-3)19-32(39)36(22)2/h6,9-10,12-13,15,17-18,22,24,28,30,38,41H,4-5,7-8,11,14,16,19-21H2,1-3H3/b9-6+/t22-,24+,28-,30+,34+/m1/s1. The van der Waals surface area contributed by atoms with Gasteiger partial charge in [-0.3, -0.25) is 4.79 Å². The van der Waals surface area contributed by atoms with Gasteiger partial charge in [-0.25, -0.2) is 4.79 Å². The van der Waals surface area contributed by atoms with Crippen molar-refractivity contribution in [1.82, 2.24) is 4.90 Å². The highest BCUT2D eigenvalue weighted by Crippen LogP contribution is 2.42. The minimum Gasteiger partial charge on any atom is -0.487 e. The van der Waals surface area contributed by atoms with Gasteiger partial charge in [-0.05, 0) is 98.2 Å². The van der Waals surface area contributed by atoms with E-state index < -0.39 is 24.1 Å². The Morgan fingerprint density at radius 1 is 1.14 bits per heavy atom. The SMILES string of the molecule is COC(=O)[C@]1(O)CC(=O)N(C)[C@H](C)C/C=C/[C@H](O)[C@@H]2CC[C@H]2CN2CCCCc3cc(Cl)ccc3COc3ccc1cc32. The lowest BCUT2D eigenvalue weighted by molar-refractivity contribution is -0.168. The zero-order chi connectivity index (χ0) is 30.7. The Morgan fingerprint density at radius 2 is 1.95 bits per heavy atom. The summed E-state index contributed by atoms with van der Waals surface area (Å²) in [5.74, 6) is -0.261. The Morgan fingerprint density at radius 3 is 2.70 bits per heavy atom. The zero-order valence-corrected chi connectivity index (χ0v) is 26.1. The molecule has 2 aromatic carbocycles. The fraction of sp³-hybridized carbons (Fsp3) is 0.529. The highest BCUT2D eigenvalue weighted by atomic mass is 35.5. The number of halogens is 1. The molecule has 1 aliphatic carbocycles. The van der Waals surface area contributed by atoms with E-state index in [1.807, 2.05) is 37.3 Å². The van der Waals surface area contributed by atoms with Crippen molar-refractivity contribution >= 4 is 29.2 Å². The normalized spacial score (nSPS) is 29.2. The molecule has 2 heterocycles. The summed E-state index contributed by atoms with van der Waals surface area (Å²) in [5, 5.41) is 23.7. The van der Waals surface area contributed by atoms with Gasteiger partial charge in [-0.2, -0.15) is 0 Å². The second kappa shape index (κ2) is 13.3. The van der Waals surface area contributed by atoms with Gasteiger partial charge in [-0.15, -0.1) is 0 Å². The number of hydrogen-bond acceptors (Lipinski definition) is 7. The quantitative estimate of drug-likeness (QED) is 0.346. The molecular formula is C34H43ClN2O6. The number of carbonyl (C=O) groups excluding carboxylic acids is 2. The van der Waals surface area contributed by atoms with Crippen molar-refractivity contribution in [3.8, 4) is 5.75 Å². The number of carbonyl (C=O) groups is 2. The van der Waals surface area contributed by atoms with E-state index in [1.54, 1.807) is 25.2 Å². The molecule has 9 heteroatoms. The number of aliphatic hydroxyl groups is 2. The lowest BCUT2D eigenvalue weighted by Crippen LogP contribution is -2.45. The van der Waals surface area contributed by atoms with E-state index in [0.717, 1.165) is 55.5 Å². The van der Waals surface area contributed by atoms with Crippen LogP contribution in [0.4, 0.5) is 5.69 Å². The van der Waals surface area contributed by atoms with Crippen LogP contribution in [-0.4, -0.2) is 66.4 Å². The summed E-state index contributed by atoms with van der Waals surface area (Å²) < 4.78 is 11.5. The molecule has 8 nitrogen and oxygen atoms in total. The molecule has 1 amide bonds. The minimum atomic E-state index is -2.18. The number of fused-ring (bicyclic) bond motifs is 3. The molecule has 0 aromatic heterocycles. The van der Waals surface area contributed by atoms with E-state index >= 15 is 0 Å². The first-order valence-electron chi connectivity index (χ1n) is 15.3. The van der Waals surface area contributed by atoms with Crippen LogP contribution in [0.2, 0.25) is 5.02 Å². The average molecular weight is 611 g/mol. The molecule has 2 N–H and O–H groups in total. The van der Waals surface area contributed by atoms with Gasteiger partial charge in [0.25, 0.3) is 0 Å². The van der Waals surface area contributed by atoms with Gasteiger partial charge in [-0.1, -0.05) is 35.9 Å². The van der Waals surface area contributed by atoms with Gasteiger partial charge in [0.15, 0.2) is 5.60 Å². The third-order valence-electron chi connectivity index (χ3n) is 9.62. The van der Waals surface area contributed by atoms with Gasteiger partial charge in [0.2, 0.25) is 5.91 Å². The summed E-state index contributed by atoms with van der Waals surface area (Å²) in [6.45, 7) is 3.66. The van der Waals surface area contributed by atoms with Crippen LogP contribution in [0.3, 0.4) is 0 Å². The molecule has 0 unspecified atom stereocenters. The topological polar surface area (TPSA) is 99.5 Å². The van der Waals surface area contributed by atoms with E-state index in [2.05, 4.69) is 4.90 Å². The number of aryl methyl sites for hydroxylation is 1. The molecule has 3 aliphatic rings. The van der Waals surface area contributed by atoms with E-state index in [-0.39, 0.29) is 29.3 Å². The van der Waals surface area contributed by atoms with Gasteiger partial charge < -0.3 is 29.5 Å². The molecule has 0 spiro atoms. The fourth-order valence-corrected chi connectivity index (χ4v) is 6.71. The van der Waals surface area contributed by atoms with Crippen molar-refractivity contribution in [2.75, 3.05) is 32.1 Å². The smallest absolute Gasteiger partial charge is 0.343 e. The highest BCUT2D eigenvalue weighted by molar-refractivity contribution is 6.30. The zero-order valence-electron chi connectivity index (χ0n) is 25.3. The number of amides is 1. The molecule has 5 rings (SSSR count). The molecule has 232 valence electrons. The first kappa shape index (κ1) is 31.4. The first-order chi connectivity index (χ1) is 20.6. The number of nitrogens with zero attached hydrogens (tertiary/aromatic N) is 2. The van der Waals surface area contributed by atoms with Gasteiger partial charge in [0, 0.05) is 31.2 Å². The second-order valence-electron chi connectivity index (χ2n) is 12.3. The molecule has 1 saturated carbocycles. The largest absolute Gasteiger partial charge is 0.487 e. The maximum Gasteiger partial charge on any atom is 0.343 e. The van der Waals surface area contributed by atoms with Crippen LogP contribution in [0.25, 0.3) is 0 Å². The summed E-state index contributed by atoms with van der Waals surface area (Å²) in [7, 11) is 2.88. The molecule has 43 heavy (non-hydrogen) atoms. The Bertz CT molecular complexity index is 1360. The third-order valence-corrected chi connectivity index (χ3v) is 9.85. The minimum absolute atomic E-state index is 0.128. The highest BCUT2D eigenvalue weighted by Gasteiger charge is 2.44. The molecule has 5 atom stereocenters. The van der Waals surface area contributed by atoms with Crippen molar-refractivity contribution in [3.05, 3.63) is 70.3 Å². The van der Waals surface area contributed by atoms with Gasteiger partial charge in [0.1, 0.15) is 12.4 Å². The summed E-state index contributed by atoms with van der Waals surface area (Å²) in [5.41, 5.74) is 1.06. The van der Waals surface area contributed by atoms with Crippen LogP contribution in [0.1, 0.15) is 62.1 Å². The van der Waals surface area contributed by atoms with Crippen molar-refractivity contribution in [2.45, 2.75) is 76.2 Å². The van der Waals surface area contributed by atoms with Crippen molar-refractivity contribution in [2.24, 2.45) is 11.8 Å². The Kier molecular flexibility index (Phi) is 9.69. The van der Waals surface area contributed by atoms with E-state index in [1.165, 1.54) is 12.0 Å². The lowest BCUT2D eigenvalue weighted by Gasteiger charge is -2.43. The monoisotopic (exact) mass is 610 g/mol. The van der Waals surface area contributed by atoms with Crippen LogP contribution in [-0.2, 0) is 33.0 Å². The number of esters is 1. The van der Waals surface area contributed by atoms with E-state index in [4.69, 9.17) is 21.1 Å². The molecular weight excluding hydrogens is 568 g/mol. The van der Waals surface area contributed by atoms with Crippen LogP contribution in [0.5, 0.6) is 5.75 Å². The molecule has 1 fully saturated rings. The van der Waals surface area contributed by atoms with E-state index in [9.17, 15) is 19.8 Å². The molecule has 2 bridgehead atoms. The van der Waals surface area contributed by atoms with Crippen LogP contribution in [0, 0.1) is 11.8 Å². The molecule has 2 aromatic rings. The number of rotatable bonds is 1. The lowest BCUT2D eigenvalue weighted by atomic mass is 9.70. The number of aliphatic hydroxyl groups excluding tert-OH is 1. The number of anilines is 1. The number of ether oxygens (including phenoxy) is 2. The predicted molar refractivity (Wildman–Crippen MR) is 166 cm³/mol. The summed E-state index contributed by atoms with van der Waals surface area (Å²) in [4.78, 5) is 30.4. The molecule has 0 radical (unpaired) electrons. The maximum absolute atomic E-state index is 13.4. The summed E-state index contributed by atoms with van der Waals surface area (Å²) >= 11 is 6.32. The molecule has 0 saturated heterocycles. The summed E-state index contributed by atoms with van der Waals surface area (Å²) in [6.07, 6.45) is 7.97. The maximum atomic E-state index is 13.4. The predicted octanol–water partition coefficient (Wildman–Crippen LogP) is 5.01. The average Bonchev–Trinajstić information content (AvgIpc) is 3.00. The van der Waals surface area contributed by atoms with E-state index in [0.29, 0.717) is 30.3 Å². The molecule has 2 aliphatic heterocycles. The number of methoxy groups -OCH3 is 1. The fourth-order valence-electron chi connectivity index (χ4n) is 6.52. The van der Waals surface area contributed by atoms with Crippen LogP contribution >= 0.6 is 11.6 Å². The number of benzene rings is 2. The van der Waals surface area contributed by atoms with Crippen molar-refractivity contribution in [1.29, 1.82) is 0 Å². The van der Waals surface area contributed by atoms with Gasteiger partial charge >= 0.3 is 5.97 Å². The summed E-state index contributed by atoms with van der Waals surface area (Å²) in [6, 6.07) is 10.9. The van der Waals surface area contributed by atoms with Crippen LogP contribution < -0.4 is 9.64 Å². The van der Waals surface area contributed by atoms with Gasteiger partial charge in [0.05, 0.1) is 25.3 Å². The van der Waals surface area contributed by atoms with Crippen molar-refractivity contribution < 1.29 is 29.3 Å². The third kappa shape index (κ3) is 6.71. The Hall–Kier alpha value is -3.07. The second-order valence-corrected chi connectivity index (χ2v) is 12.8. The Balaban J connectivity index is 1.60. The first-order valence-corrected chi connectivity index (χ1v) is 15.7. The van der Waals surface area contributed by atoms with Crippen LogP contribution in [0.15, 0.2) is 48.6 Å². The number of hydrogen-bond donors (Lipinski definition) is 2. The Labute approximate surface area is 259 Å². The van der Waals surface area contributed by atoms with Crippen molar-refractivity contribution in [3.63, 3.8) is 0 Å².